The van der Waals surface area contributed by atoms with E-state index in [1.165, 1.54) is 0 Å². The average molecular weight is 265 g/mol. The Labute approximate surface area is 110 Å². The molecule has 1 saturated heterocycles. The van der Waals surface area contributed by atoms with Crippen LogP contribution >= 0.6 is 12.4 Å². The second-order valence-electron chi connectivity index (χ2n) is 4.94. The minimum absolute atomic E-state index is 0. The highest BCUT2D eigenvalue weighted by Crippen LogP contribution is 2.07. The fourth-order valence-electron chi connectivity index (χ4n) is 1.73. The molecular formula is C12H25ClN2O2. The normalized spacial score (nSPS) is 21.8. The Hall–Kier alpha value is -0.320. The molecule has 0 aliphatic carbocycles. The van der Waals surface area contributed by atoms with Crippen molar-refractivity contribution in [1.29, 1.82) is 0 Å². The first-order valence-electron chi connectivity index (χ1n) is 6.22. The summed E-state index contributed by atoms with van der Waals surface area (Å²) in [6.07, 6.45) is 1.87. The third-order valence-corrected chi connectivity index (χ3v) is 2.79. The minimum atomic E-state index is -0.310. The first kappa shape index (κ1) is 16.7. The number of hydrogen-bond acceptors (Lipinski definition) is 3. The molecule has 5 heteroatoms. The number of amides is 1. The van der Waals surface area contributed by atoms with Gasteiger partial charge >= 0.3 is 0 Å². The van der Waals surface area contributed by atoms with Gasteiger partial charge in [0, 0.05) is 19.1 Å². The van der Waals surface area contributed by atoms with Gasteiger partial charge in [0.05, 0.1) is 6.61 Å². The first-order valence-corrected chi connectivity index (χ1v) is 6.22. The van der Waals surface area contributed by atoms with E-state index in [0.29, 0.717) is 19.1 Å². The molecule has 0 aromatic heterocycles. The molecule has 17 heavy (non-hydrogen) atoms. The molecule has 1 fully saturated rings. The number of rotatable bonds is 5. The quantitative estimate of drug-likeness (QED) is 0.788. The molecule has 1 rings (SSSR count). The molecule has 4 nitrogen and oxygen atoms in total. The zero-order valence-corrected chi connectivity index (χ0v) is 11.8. The Bertz CT molecular complexity index is 219. The van der Waals surface area contributed by atoms with Crippen molar-refractivity contribution in [2.75, 3.05) is 19.7 Å². The Morgan fingerprint density at radius 2 is 2.12 bits per heavy atom. The maximum absolute atomic E-state index is 11.8. The summed E-state index contributed by atoms with van der Waals surface area (Å²) < 4.78 is 5.39. The van der Waals surface area contributed by atoms with Crippen LogP contribution in [0, 0.1) is 5.92 Å². The molecule has 0 bridgehead atoms. The number of nitrogens with one attached hydrogen (secondary N) is 2. The van der Waals surface area contributed by atoms with Gasteiger partial charge in [-0.3, -0.25) is 4.79 Å². The van der Waals surface area contributed by atoms with Gasteiger partial charge in [-0.2, -0.15) is 0 Å². The third kappa shape index (κ3) is 6.86. The Morgan fingerprint density at radius 1 is 1.41 bits per heavy atom. The van der Waals surface area contributed by atoms with E-state index in [2.05, 4.69) is 31.4 Å². The van der Waals surface area contributed by atoms with Crippen molar-refractivity contribution >= 4 is 18.3 Å². The van der Waals surface area contributed by atoms with Gasteiger partial charge in [-0.25, -0.2) is 0 Å². The van der Waals surface area contributed by atoms with Gasteiger partial charge < -0.3 is 15.4 Å². The Kier molecular flexibility index (Phi) is 8.56. The number of halogens is 1. The number of carbonyl (C=O) groups is 1. The Balaban J connectivity index is 0.00000256. The highest BCUT2D eigenvalue weighted by Gasteiger charge is 2.22. The molecule has 2 atom stereocenters. The molecule has 2 unspecified atom stereocenters. The second kappa shape index (κ2) is 8.72. The van der Waals surface area contributed by atoms with E-state index in [9.17, 15) is 4.79 Å². The van der Waals surface area contributed by atoms with Crippen molar-refractivity contribution in [3.05, 3.63) is 0 Å². The molecule has 0 saturated carbocycles. The fourth-order valence-corrected chi connectivity index (χ4v) is 1.73. The van der Waals surface area contributed by atoms with Crippen LogP contribution in [0.2, 0.25) is 0 Å². The summed E-state index contributed by atoms with van der Waals surface area (Å²) in [5, 5.41) is 6.15. The minimum Gasteiger partial charge on any atom is -0.366 e. The van der Waals surface area contributed by atoms with Crippen molar-refractivity contribution in [2.24, 2.45) is 5.92 Å². The van der Waals surface area contributed by atoms with E-state index in [4.69, 9.17) is 4.74 Å². The van der Waals surface area contributed by atoms with E-state index in [1.807, 2.05) is 0 Å². The van der Waals surface area contributed by atoms with Crippen LogP contribution < -0.4 is 10.6 Å². The number of ether oxygens (including phenoxy) is 1. The van der Waals surface area contributed by atoms with Gasteiger partial charge in [0.1, 0.15) is 6.10 Å². The maximum Gasteiger partial charge on any atom is 0.250 e. The third-order valence-electron chi connectivity index (χ3n) is 2.79. The number of carbonyl (C=O) groups excluding carboxylic acids is 1. The van der Waals surface area contributed by atoms with Gasteiger partial charge in [0.25, 0.3) is 5.91 Å². The predicted molar refractivity (Wildman–Crippen MR) is 71.5 cm³/mol. The number of morpholine rings is 1. The lowest BCUT2D eigenvalue weighted by molar-refractivity contribution is -0.134. The van der Waals surface area contributed by atoms with Crippen molar-refractivity contribution in [3.8, 4) is 0 Å². The molecule has 1 heterocycles. The van der Waals surface area contributed by atoms with Crippen LogP contribution in [0.1, 0.15) is 33.6 Å². The molecule has 0 aromatic carbocycles. The smallest absolute Gasteiger partial charge is 0.250 e. The summed E-state index contributed by atoms with van der Waals surface area (Å²) in [4.78, 5) is 11.8. The molecular weight excluding hydrogens is 240 g/mol. The summed E-state index contributed by atoms with van der Waals surface area (Å²) >= 11 is 0. The standard InChI is InChI=1S/C12H24N2O2.ClH/c1-9(2)4-5-10(3)14-12(15)11-8-13-6-7-16-11;/h9-11,13H,4-8H2,1-3H3,(H,14,15);1H. The van der Waals surface area contributed by atoms with Crippen LogP contribution in [-0.2, 0) is 9.53 Å². The molecule has 0 radical (unpaired) electrons. The molecule has 0 spiro atoms. The highest BCUT2D eigenvalue weighted by molar-refractivity contribution is 5.85. The largest absolute Gasteiger partial charge is 0.366 e. The topological polar surface area (TPSA) is 50.4 Å². The molecule has 102 valence electrons. The van der Waals surface area contributed by atoms with E-state index >= 15 is 0 Å². The van der Waals surface area contributed by atoms with Gasteiger partial charge in [-0.1, -0.05) is 13.8 Å². The van der Waals surface area contributed by atoms with Crippen molar-refractivity contribution in [1.82, 2.24) is 10.6 Å². The van der Waals surface area contributed by atoms with Crippen LogP contribution in [0.4, 0.5) is 0 Å². The van der Waals surface area contributed by atoms with E-state index in [-0.39, 0.29) is 30.5 Å². The van der Waals surface area contributed by atoms with Crippen LogP contribution in [0.25, 0.3) is 0 Å². The molecule has 1 aliphatic heterocycles. The summed E-state index contributed by atoms with van der Waals surface area (Å²) in [6.45, 7) is 8.54. The van der Waals surface area contributed by atoms with Gasteiger partial charge in [-0.05, 0) is 25.7 Å². The van der Waals surface area contributed by atoms with E-state index < -0.39 is 0 Å². The first-order chi connectivity index (χ1) is 7.59. The van der Waals surface area contributed by atoms with Crippen molar-refractivity contribution in [2.45, 2.75) is 45.8 Å². The highest BCUT2D eigenvalue weighted by atomic mass is 35.5. The lowest BCUT2D eigenvalue weighted by Gasteiger charge is -2.24. The molecule has 0 aromatic rings. The summed E-state index contributed by atoms with van der Waals surface area (Å²) in [5.74, 6) is 0.704. The predicted octanol–water partition coefficient (Wildman–Crippen LogP) is 1.34. The van der Waals surface area contributed by atoms with Gasteiger partial charge in [0.15, 0.2) is 0 Å². The lowest BCUT2D eigenvalue weighted by atomic mass is 10.0. The number of hydrogen-bond donors (Lipinski definition) is 2. The average Bonchev–Trinajstić information content (AvgIpc) is 2.27. The van der Waals surface area contributed by atoms with Crippen molar-refractivity contribution < 1.29 is 9.53 Å². The zero-order chi connectivity index (χ0) is 12.0. The second-order valence-corrected chi connectivity index (χ2v) is 4.94. The molecule has 1 amide bonds. The van der Waals surface area contributed by atoms with Crippen LogP contribution in [-0.4, -0.2) is 37.7 Å². The summed E-state index contributed by atoms with van der Waals surface area (Å²) in [6, 6.07) is 0.237. The summed E-state index contributed by atoms with van der Waals surface area (Å²) in [5.41, 5.74) is 0. The molecule has 1 aliphatic rings. The van der Waals surface area contributed by atoms with E-state index in [1.54, 1.807) is 0 Å². The Morgan fingerprint density at radius 3 is 2.65 bits per heavy atom. The zero-order valence-electron chi connectivity index (χ0n) is 11.0. The maximum atomic E-state index is 11.8. The van der Waals surface area contributed by atoms with Crippen LogP contribution in [0.5, 0.6) is 0 Å². The lowest BCUT2D eigenvalue weighted by Crippen LogP contribution is -2.49. The molecule has 2 N–H and O–H groups in total. The van der Waals surface area contributed by atoms with Crippen LogP contribution in [0.15, 0.2) is 0 Å². The van der Waals surface area contributed by atoms with E-state index in [0.717, 1.165) is 19.4 Å². The summed E-state index contributed by atoms with van der Waals surface area (Å²) in [7, 11) is 0. The fraction of sp³-hybridized carbons (Fsp3) is 0.917. The van der Waals surface area contributed by atoms with Gasteiger partial charge in [-0.15, -0.1) is 12.4 Å². The van der Waals surface area contributed by atoms with Crippen molar-refractivity contribution in [3.63, 3.8) is 0 Å². The monoisotopic (exact) mass is 264 g/mol. The SMILES string of the molecule is CC(C)CCC(C)NC(=O)C1CNCCO1.Cl. The van der Waals surface area contributed by atoms with Gasteiger partial charge in [0.2, 0.25) is 0 Å². The van der Waals surface area contributed by atoms with Crippen LogP contribution in [0.3, 0.4) is 0 Å².